The second-order valence-corrected chi connectivity index (χ2v) is 8.15. The Balaban J connectivity index is 1.45. The van der Waals surface area contributed by atoms with Crippen molar-refractivity contribution in [2.45, 2.75) is 32.2 Å². The van der Waals surface area contributed by atoms with E-state index in [0.717, 1.165) is 12.0 Å². The van der Waals surface area contributed by atoms with Crippen LogP contribution in [0.4, 0.5) is 13.2 Å². The molecular formula is C24H20F3N5O3. The maximum Gasteiger partial charge on any atom is 0.573 e. The molecule has 1 aliphatic heterocycles. The summed E-state index contributed by atoms with van der Waals surface area (Å²) < 4.78 is 48.2. The van der Waals surface area contributed by atoms with Gasteiger partial charge in [-0.2, -0.15) is 15.0 Å². The molecule has 35 heavy (non-hydrogen) atoms. The number of aryl methyl sites for hydroxylation is 1. The summed E-state index contributed by atoms with van der Waals surface area (Å²) in [4.78, 5) is 16.7. The number of ether oxygens (including phenoxy) is 1. The van der Waals surface area contributed by atoms with Crippen molar-refractivity contribution in [1.29, 1.82) is 0 Å². The van der Waals surface area contributed by atoms with Crippen LogP contribution in [0, 0.1) is 6.92 Å². The second-order valence-electron chi connectivity index (χ2n) is 8.15. The molecular weight excluding hydrogens is 463 g/mol. The summed E-state index contributed by atoms with van der Waals surface area (Å²) in [5.74, 6) is -0.211. The van der Waals surface area contributed by atoms with Crippen molar-refractivity contribution in [1.82, 2.24) is 25.1 Å². The van der Waals surface area contributed by atoms with Gasteiger partial charge in [-0.15, -0.1) is 13.2 Å². The van der Waals surface area contributed by atoms with Crippen LogP contribution in [0.2, 0.25) is 0 Å². The van der Waals surface area contributed by atoms with Crippen LogP contribution in [0.1, 0.15) is 40.6 Å². The van der Waals surface area contributed by atoms with Gasteiger partial charge in [0.1, 0.15) is 11.4 Å². The van der Waals surface area contributed by atoms with Crippen molar-refractivity contribution >= 4 is 5.91 Å². The van der Waals surface area contributed by atoms with Gasteiger partial charge >= 0.3 is 6.36 Å². The summed E-state index contributed by atoms with van der Waals surface area (Å²) in [5, 5.41) is 12.3. The largest absolute Gasteiger partial charge is 0.573 e. The number of benzene rings is 2. The van der Waals surface area contributed by atoms with Gasteiger partial charge in [0, 0.05) is 18.2 Å². The van der Waals surface area contributed by atoms with Crippen LogP contribution in [-0.4, -0.2) is 43.9 Å². The Morgan fingerprint density at radius 2 is 1.89 bits per heavy atom. The van der Waals surface area contributed by atoms with E-state index >= 15 is 0 Å². The molecule has 1 atom stereocenters. The molecule has 1 unspecified atom stereocenters. The highest BCUT2D eigenvalue weighted by Crippen LogP contribution is 2.38. The van der Waals surface area contributed by atoms with Crippen molar-refractivity contribution < 1.29 is 27.2 Å². The predicted octanol–water partition coefficient (Wildman–Crippen LogP) is 5.11. The summed E-state index contributed by atoms with van der Waals surface area (Å²) >= 11 is 0. The lowest BCUT2D eigenvalue weighted by molar-refractivity contribution is -0.274. The van der Waals surface area contributed by atoms with E-state index in [2.05, 4.69) is 20.1 Å². The van der Waals surface area contributed by atoms with Crippen LogP contribution in [0.5, 0.6) is 5.75 Å². The molecule has 180 valence electrons. The summed E-state index contributed by atoms with van der Waals surface area (Å²) in [7, 11) is 0. The number of alkyl halides is 3. The number of aromatic nitrogens is 4. The normalized spacial score (nSPS) is 16.0. The first-order valence-corrected chi connectivity index (χ1v) is 10.9. The molecule has 3 heterocycles. The molecule has 0 bridgehead atoms. The van der Waals surface area contributed by atoms with Crippen molar-refractivity contribution in [3.63, 3.8) is 0 Å². The van der Waals surface area contributed by atoms with Gasteiger partial charge in [-0.1, -0.05) is 28.9 Å². The van der Waals surface area contributed by atoms with E-state index in [9.17, 15) is 18.0 Å². The Morgan fingerprint density at radius 3 is 2.66 bits per heavy atom. The van der Waals surface area contributed by atoms with E-state index < -0.39 is 12.4 Å². The quantitative estimate of drug-likeness (QED) is 0.392. The zero-order chi connectivity index (χ0) is 24.6. The van der Waals surface area contributed by atoms with Crippen LogP contribution < -0.4 is 4.74 Å². The van der Waals surface area contributed by atoms with Gasteiger partial charge in [0.2, 0.25) is 0 Å². The van der Waals surface area contributed by atoms with Crippen molar-refractivity contribution in [2.24, 2.45) is 0 Å². The number of nitrogens with zero attached hydrogens (tertiary/aromatic N) is 5. The van der Waals surface area contributed by atoms with E-state index in [0.29, 0.717) is 30.0 Å². The van der Waals surface area contributed by atoms with Gasteiger partial charge < -0.3 is 14.2 Å². The average Bonchev–Trinajstić information content (AvgIpc) is 3.59. The van der Waals surface area contributed by atoms with Gasteiger partial charge in [-0.3, -0.25) is 4.79 Å². The Bertz CT molecular complexity index is 1350. The Labute approximate surface area is 197 Å². The number of likely N-dealkylation sites (tertiary alicyclic amines) is 1. The van der Waals surface area contributed by atoms with Crippen molar-refractivity contribution in [3.8, 4) is 22.7 Å². The zero-order valence-electron chi connectivity index (χ0n) is 18.6. The molecule has 1 fully saturated rings. The lowest BCUT2D eigenvalue weighted by atomic mass is 10.1. The molecule has 8 nitrogen and oxygen atoms in total. The molecule has 2 aromatic heterocycles. The average molecular weight is 483 g/mol. The number of carbonyl (C=O) groups is 1. The number of hydrogen-bond acceptors (Lipinski definition) is 6. The zero-order valence-corrected chi connectivity index (χ0v) is 18.6. The minimum atomic E-state index is -4.84. The van der Waals surface area contributed by atoms with Crippen LogP contribution in [0.25, 0.3) is 16.9 Å². The first-order valence-electron chi connectivity index (χ1n) is 10.9. The standard InChI is InChI=1S/C24H20F3N5O3/c1-15-8-9-19(32-28-10-11-29-32)17(13-15)23(33)31-12-4-6-20(31)22-14-18(30-35-22)16-5-2-3-7-21(16)34-24(25,26)27/h2-3,5,7-11,13-14,20H,4,6,12H2,1H3. The Hall–Kier alpha value is -4.15. The third kappa shape index (κ3) is 4.61. The van der Waals surface area contributed by atoms with Crippen LogP contribution >= 0.6 is 0 Å². The maximum atomic E-state index is 13.6. The molecule has 0 radical (unpaired) electrons. The van der Waals surface area contributed by atoms with E-state index in [1.54, 1.807) is 29.2 Å². The van der Waals surface area contributed by atoms with Gasteiger partial charge in [-0.05, 0) is 44.0 Å². The fourth-order valence-electron chi connectivity index (χ4n) is 4.26. The number of rotatable bonds is 5. The SMILES string of the molecule is Cc1ccc(-n2nccn2)c(C(=O)N2CCCC2c2cc(-c3ccccc3OC(F)(F)F)no2)c1. The van der Waals surface area contributed by atoms with E-state index in [-0.39, 0.29) is 22.9 Å². The molecule has 0 aliphatic carbocycles. The second kappa shape index (κ2) is 8.90. The number of para-hydroxylation sites is 1. The van der Waals surface area contributed by atoms with Crippen LogP contribution in [-0.2, 0) is 0 Å². The van der Waals surface area contributed by atoms with Crippen LogP contribution in [0.15, 0.2) is 65.4 Å². The van der Waals surface area contributed by atoms with Gasteiger partial charge in [-0.25, -0.2) is 0 Å². The highest BCUT2D eigenvalue weighted by Gasteiger charge is 2.36. The molecule has 0 N–H and O–H groups in total. The molecule has 0 spiro atoms. The number of halogens is 3. The first-order chi connectivity index (χ1) is 16.8. The minimum absolute atomic E-state index is 0.140. The predicted molar refractivity (Wildman–Crippen MR) is 118 cm³/mol. The number of amides is 1. The van der Waals surface area contributed by atoms with Crippen molar-refractivity contribution in [2.75, 3.05) is 6.54 Å². The van der Waals surface area contributed by atoms with Crippen molar-refractivity contribution in [3.05, 3.63) is 77.8 Å². The smallest absolute Gasteiger partial charge is 0.405 e. The summed E-state index contributed by atoms with van der Waals surface area (Å²) in [6.45, 7) is 2.38. The van der Waals surface area contributed by atoms with Gasteiger partial charge in [0.05, 0.1) is 29.7 Å². The molecule has 1 aliphatic rings. The lowest BCUT2D eigenvalue weighted by Gasteiger charge is -2.24. The Kier molecular flexibility index (Phi) is 5.75. The third-order valence-corrected chi connectivity index (χ3v) is 5.78. The third-order valence-electron chi connectivity index (χ3n) is 5.78. The first kappa shape index (κ1) is 22.6. The molecule has 2 aromatic carbocycles. The van der Waals surface area contributed by atoms with E-state index in [4.69, 9.17) is 4.52 Å². The van der Waals surface area contributed by atoms with Gasteiger partial charge in [0.25, 0.3) is 5.91 Å². The number of hydrogen-bond donors (Lipinski definition) is 0. The lowest BCUT2D eigenvalue weighted by Crippen LogP contribution is -2.31. The van der Waals surface area contributed by atoms with E-state index in [1.165, 1.54) is 35.4 Å². The Morgan fingerprint density at radius 1 is 1.11 bits per heavy atom. The monoisotopic (exact) mass is 483 g/mol. The topological polar surface area (TPSA) is 86.3 Å². The molecule has 1 amide bonds. The summed E-state index contributed by atoms with van der Waals surface area (Å²) in [6, 6.07) is 12.3. The fourth-order valence-corrected chi connectivity index (χ4v) is 4.26. The van der Waals surface area contributed by atoms with E-state index in [1.807, 2.05) is 13.0 Å². The highest BCUT2D eigenvalue weighted by molar-refractivity contribution is 5.98. The molecule has 11 heteroatoms. The molecule has 5 rings (SSSR count). The molecule has 0 saturated carbocycles. The maximum absolute atomic E-state index is 13.6. The molecule has 4 aromatic rings. The highest BCUT2D eigenvalue weighted by atomic mass is 19.4. The van der Waals surface area contributed by atoms with Gasteiger partial charge in [0.15, 0.2) is 5.76 Å². The minimum Gasteiger partial charge on any atom is -0.405 e. The number of carbonyl (C=O) groups excluding carboxylic acids is 1. The summed E-state index contributed by atoms with van der Waals surface area (Å²) in [5.41, 5.74) is 2.23. The fraction of sp³-hybridized carbons (Fsp3) is 0.250. The summed E-state index contributed by atoms with van der Waals surface area (Å²) in [6.07, 6.45) is -0.414. The van der Waals surface area contributed by atoms with Crippen LogP contribution in [0.3, 0.4) is 0 Å². The molecule has 1 saturated heterocycles.